The maximum Gasteiger partial charge on any atom is 0.287 e. The number of carbonyl (C=O) groups excluding carboxylic acids is 1. The second kappa shape index (κ2) is 7.88. The highest BCUT2D eigenvalue weighted by Crippen LogP contribution is 2.34. The Morgan fingerprint density at radius 2 is 1.82 bits per heavy atom. The van der Waals surface area contributed by atoms with E-state index in [1.165, 1.54) is 37.7 Å². The fourth-order valence-electron chi connectivity index (χ4n) is 4.97. The van der Waals surface area contributed by atoms with Gasteiger partial charge < -0.3 is 14.6 Å². The maximum absolute atomic E-state index is 13.0. The van der Waals surface area contributed by atoms with Crippen molar-refractivity contribution in [3.05, 3.63) is 35.1 Å². The van der Waals surface area contributed by atoms with E-state index in [1.54, 1.807) is 0 Å². The first kappa shape index (κ1) is 19.5. The number of piperazine rings is 1. The summed E-state index contributed by atoms with van der Waals surface area (Å²) in [7, 11) is 2.19. The number of rotatable bonds is 4. The van der Waals surface area contributed by atoms with Crippen LogP contribution in [-0.2, 0) is 0 Å². The largest absolute Gasteiger partial charge is 0.451 e. The Morgan fingerprint density at radius 3 is 2.54 bits per heavy atom. The molecule has 1 N–H and O–H groups in total. The number of fused-ring (bicyclic) bond motifs is 1. The summed E-state index contributed by atoms with van der Waals surface area (Å²) in [5.41, 5.74) is 3.01. The molecule has 1 aliphatic carbocycles. The van der Waals surface area contributed by atoms with Crippen LogP contribution in [0.3, 0.4) is 0 Å². The van der Waals surface area contributed by atoms with Crippen LogP contribution in [0.25, 0.3) is 11.0 Å². The second-order valence-electron chi connectivity index (χ2n) is 8.81. The predicted octanol–water partition coefficient (Wildman–Crippen LogP) is 3.73. The molecule has 0 atom stereocenters. The monoisotopic (exact) mass is 383 g/mol. The summed E-state index contributed by atoms with van der Waals surface area (Å²) in [5.74, 6) is 0.385. The first-order chi connectivity index (χ1) is 13.5. The van der Waals surface area contributed by atoms with Crippen molar-refractivity contribution in [2.45, 2.75) is 51.5 Å². The van der Waals surface area contributed by atoms with Gasteiger partial charge in [0, 0.05) is 49.2 Å². The van der Waals surface area contributed by atoms with Gasteiger partial charge in [0.1, 0.15) is 5.58 Å². The Balaban J connectivity index is 1.51. The van der Waals surface area contributed by atoms with Crippen molar-refractivity contribution in [3.8, 4) is 0 Å². The number of carbonyl (C=O) groups is 1. The average Bonchev–Trinajstić information content (AvgIpc) is 3.03. The summed E-state index contributed by atoms with van der Waals surface area (Å²) < 4.78 is 5.92. The summed E-state index contributed by atoms with van der Waals surface area (Å²) in [4.78, 5) is 18.0. The van der Waals surface area contributed by atoms with Gasteiger partial charge in [-0.1, -0.05) is 30.9 Å². The number of hydrogen-bond donors (Lipinski definition) is 1. The number of hydrogen-bond acceptors (Lipinski definition) is 4. The summed E-state index contributed by atoms with van der Waals surface area (Å²) in [6.45, 7) is 9.16. The Bertz CT molecular complexity index is 843. The number of nitrogens with one attached hydrogen (secondary N) is 1. The zero-order chi connectivity index (χ0) is 19.7. The molecule has 0 unspecified atom stereocenters. The van der Waals surface area contributed by atoms with Crippen molar-refractivity contribution in [2.75, 3.05) is 39.8 Å². The third-order valence-corrected chi connectivity index (χ3v) is 6.83. The van der Waals surface area contributed by atoms with E-state index in [-0.39, 0.29) is 11.4 Å². The molecular weight excluding hydrogens is 350 g/mol. The van der Waals surface area contributed by atoms with Crippen molar-refractivity contribution in [2.24, 2.45) is 0 Å². The van der Waals surface area contributed by atoms with Gasteiger partial charge >= 0.3 is 0 Å². The Hall–Kier alpha value is -1.85. The second-order valence-corrected chi connectivity index (χ2v) is 8.81. The fraction of sp³-hybridized carbons (Fsp3) is 0.609. The van der Waals surface area contributed by atoms with Crippen LogP contribution in [-0.4, -0.2) is 61.0 Å². The number of furan rings is 1. The highest BCUT2D eigenvalue weighted by molar-refractivity contribution is 5.99. The van der Waals surface area contributed by atoms with Gasteiger partial charge in [-0.15, -0.1) is 0 Å². The average molecular weight is 384 g/mol. The van der Waals surface area contributed by atoms with Crippen LogP contribution in [0.2, 0.25) is 0 Å². The molecule has 1 aromatic heterocycles. The molecule has 1 aromatic carbocycles. The molecule has 5 nitrogen and oxygen atoms in total. The van der Waals surface area contributed by atoms with Gasteiger partial charge in [-0.2, -0.15) is 0 Å². The molecule has 2 fully saturated rings. The van der Waals surface area contributed by atoms with Crippen LogP contribution in [0.5, 0.6) is 0 Å². The lowest BCUT2D eigenvalue weighted by molar-refractivity contribution is 0.0136. The Morgan fingerprint density at radius 1 is 1.11 bits per heavy atom. The first-order valence-corrected chi connectivity index (χ1v) is 10.7. The lowest BCUT2D eigenvalue weighted by atomic mass is 9.79. The molecule has 0 spiro atoms. The number of benzene rings is 1. The van der Waals surface area contributed by atoms with E-state index in [4.69, 9.17) is 4.42 Å². The van der Waals surface area contributed by atoms with Gasteiger partial charge in [-0.05, 0) is 45.9 Å². The minimum absolute atomic E-state index is 0.0783. The molecular formula is C23H33N3O2. The molecule has 2 aliphatic rings. The minimum Gasteiger partial charge on any atom is -0.451 e. The standard InChI is InChI=1S/C23H33N3O2/c1-17-7-8-20-19(15-17)18(2)21(28-20)22(27)24-16-23(9-5-4-6-10-23)26-13-11-25(3)12-14-26/h7-8,15H,4-6,9-14,16H2,1-3H3,(H,24,27). The summed E-state index contributed by atoms with van der Waals surface area (Å²) >= 11 is 0. The van der Waals surface area contributed by atoms with Gasteiger partial charge in [-0.3, -0.25) is 9.69 Å². The van der Waals surface area contributed by atoms with Crippen LogP contribution < -0.4 is 5.32 Å². The van der Waals surface area contributed by atoms with E-state index in [0.717, 1.165) is 42.7 Å². The highest BCUT2D eigenvalue weighted by atomic mass is 16.3. The number of amides is 1. The van der Waals surface area contributed by atoms with Gasteiger partial charge in [0.25, 0.3) is 5.91 Å². The van der Waals surface area contributed by atoms with Crippen molar-refractivity contribution >= 4 is 16.9 Å². The highest BCUT2D eigenvalue weighted by Gasteiger charge is 2.39. The third-order valence-electron chi connectivity index (χ3n) is 6.83. The maximum atomic E-state index is 13.0. The molecule has 1 aliphatic heterocycles. The molecule has 1 amide bonds. The molecule has 1 saturated carbocycles. The van der Waals surface area contributed by atoms with Crippen molar-refractivity contribution in [1.29, 1.82) is 0 Å². The van der Waals surface area contributed by atoms with Crippen LogP contribution in [0.4, 0.5) is 0 Å². The first-order valence-electron chi connectivity index (χ1n) is 10.7. The number of nitrogens with zero attached hydrogens (tertiary/aromatic N) is 2. The smallest absolute Gasteiger partial charge is 0.287 e. The molecule has 28 heavy (non-hydrogen) atoms. The zero-order valence-corrected chi connectivity index (χ0v) is 17.5. The van der Waals surface area contributed by atoms with Crippen molar-refractivity contribution < 1.29 is 9.21 Å². The van der Waals surface area contributed by atoms with Crippen molar-refractivity contribution in [1.82, 2.24) is 15.1 Å². The van der Waals surface area contributed by atoms with E-state index >= 15 is 0 Å². The van der Waals surface area contributed by atoms with Gasteiger partial charge in [0.05, 0.1) is 0 Å². The molecule has 152 valence electrons. The van der Waals surface area contributed by atoms with E-state index in [9.17, 15) is 4.79 Å². The number of likely N-dealkylation sites (N-methyl/N-ethyl adjacent to an activating group) is 1. The van der Waals surface area contributed by atoms with Crippen LogP contribution in [0.15, 0.2) is 22.6 Å². The topological polar surface area (TPSA) is 48.7 Å². The predicted molar refractivity (Wildman–Crippen MR) is 113 cm³/mol. The molecule has 1 saturated heterocycles. The number of aryl methyl sites for hydroxylation is 2. The summed E-state index contributed by atoms with van der Waals surface area (Å²) in [5, 5.41) is 4.28. The van der Waals surface area contributed by atoms with E-state index in [1.807, 2.05) is 19.1 Å². The summed E-state index contributed by atoms with van der Waals surface area (Å²) in [6, 6.07) is 6.08. The molecule has 2 aromatic rings. The minimum atomic E-state index is -0.0783. The molecule has 0 bridgehead atoms. The molecule has 5 heteroatoms. The molecule has 0 radical (unpaired) electrons. The van der Waals surface area contributed by atoms with E-state index < -0.39 is 0 Å². The fourth-order valence-corrected chi connectivity index (χ4v) is 4.97. The van der Waals surface area contributed by atoms with Crippen molar-refractivity contribution in [3.63, 3.8) is 0 Å². The van der Waals surface area contributed by atoms with Crippen LogP contribution in [0.1, 0.15) is 53.8 Å². The quantitative estimate of drug-likeness (QED) is 0.874. The van der Waals surface area contributed by atoms with Crippen LogP contribution >= 0.6 is 0 Å². The Kier molecular flexibility index (Phi) is 5.48. The normalized spacial score (nSPS) is 21.1. The third kappa shape index (κ3) is 3.70. The summed E-state index contributed by atoms with van der Waals surface area (Å²) in [6.07, 6.45) is 6.17. The lowest BCUT2D eigenvalue weighted by Crippen LogP contribution is -2.61. The van der Waals surface area contributed by atoms with Gasteiger partial charge in [-0.25, -0.2) is 0 Å². The van der Waals surface area contributed by atoms with Gasteiger partial charge in [0.15, 0.2) is 5.76 Å². The lowest BCUT2D eigenvalue weighted by Gasteiger charge is -2.49. The van der Waals surface area contributed by atoms with E-state index in [2.05, 4.69) is 35.2 Å². The SMILES string of the molecule is Cc1ccc2oc(C(=O)NCC3(N4CCN(C)CC4)CCCCC3)c(C)c2c1. The molecule has 4 rings (SSSR count). The van der Waals surface area contributed by atoms with Crippen LogP contribution in [0, 0.1) is 13.8 Å². The zero-order valence-electron chi connectivity index (χ0n) is 17.5. The van der Waals surface area contributed by atoms with Gasteiger partial charge in [0.2, 0.25) is 0 Å². The van der Waals surface area contributed by atoms with E-state index in [0.29, 0.717) is 12.3 Å². The molecule has 2 heterocycles. The Labute approximate surface area is 168 Å².